The minimum Gasteiger partial charge on any atom is -0.493 e. The number of hydrogen-bond donors (Lipinski definition) is 1. The van der Waals surface area contributed by atoms with Gasteiger partial charge >= 0.3 is 0 Å². The third-order valence-electron chi connectivity index (χ3n) is 6.23. The van der Waals surface area contributed by atoms with Crippen LogP contribution in [0.25, 0.3) is 11.1 Å². The first kappa shape index (κ1) is 19.4. The average molecular weight is 408 g/mol. The van der Waals surface area contributed by atoms with Gasteiger partial charge in [0.05, 0.1) is 18.8 Å². The van der Waals surface area contributed by atoms with E-state index in [9.17, 15) is 5.11 Å². The van der Waals surface area contributed by atoms with Gasteiger partial charge in [-0.05, 0) is 81.2 Å². The molecule has 1 atom stereocenters. The van der Waals surface area contributed by atoms with Gasteiger partial charge in [0.2, 0.25) is 0 Å². The van der Waals surface area contributed by atoms with Crippen molar-refractivity contribution in [3.05, 3.63) is 53.9 Å². The molecule has 1 N–H and O–H groups in total. The Hall–Kier alpha value is -2.53. The fourth-order valence-corrected chi connectivity index (χ4v) is 4.15. The van der Waals surface area contributed by atoms with Crippen molar-refractivity contribution in [3.8, 4) is 11.5 Å². The van der Waals surface area contributed by atoms with Gasteiger partial charge in [-0.25, -0.2) is 4.98 Å². The van der Waals surface area contributed by atoms with E-state index < -0.39 is 6.10 Å². The molecule has 30 heavy (non-hydrogen) atoms. The zero-order chi connectivity index (χ0) is 20.5. The standard InChI is InChI=1S/C25H29NO4/c1-16(27)19-9-12-23-24(13-19)30-25(26-23)18-7-10-20(11-8-18)29-22-4-2-3-21(14-22)28-15-17-5-6-17/h2-4,9,12-14,16-18,20,27H,5-8,10-11,15H2,1H3/t16-,18?,20?/m0/s1. The van der Waals surface area contributed by atoms with E-state index in [0.29, 0.717) is 5.92 Å². The molecular formula is C25H29NO4. The molecule has 0 saturated heterocycles. The SMILES string of the molecule is C[C@H](O)c1ccc2nc(C3CCC(Oc4cccc(OCC5CC5)c4)CC3)oc2c1. The Bertz CT molecular complexity index is 999. The van der Waals surface area contributed by atoms with Gasteiger partial charge in [-0.3, -0.25) is 0 Å². The Balaban J connectivity index is 1.18. The van der Waals surface area contributed by atoms with Gasteiger partial charge in [0.1, 0.15) is 17.0 Å². The van der Waals surface area contributed by atoms with Crippen LogP contribution in [0.15, 0.2) is 46.9 Å². The molecule has 5 heteroatoms. The number of hydrogen-bond acceptors (Lipinski definition) is 5. The Morgan fingerprint density at radius 1 is 1.03 bits per heavy atom. The summed E-state index contributed by atoms with van der Waals surface area (Å²) < 4.78 is 18.2. The van der Waals surface area contributed by atoms with Crippen molar-refractivity contribution >= 4 is 11.1 Å². The van der Waals surface area contributed by atoms with E-state index in [-0.39, 0.29) is 6.10 Å². The lowest BCUT2D eigenvalue weighted by atomic mass is 9.87. The minimum absolute atomic E-state index is 0.214. The number of aliphatic hydroxyl groups is 1. The lowest BCUT2D eigenvalue weighted by Crippen LogP contribution is -2.23. The van der Waals surface area contributed by atoms with Crippen LogP contribution in [0.4, 0.5) is 0 Å². The highest BCUT2D eigenvalue weighted by Crippen LogP contribution is 2.36. The minimum atomic E-state index is -0.506. The maximum absolute atomic E-state index is 9.78. The molecule has 0 unspecified atom stereocenters. The van der Waals surface area contributed by atoms with E-state index in [1.165, 1.54) is 12.8 Å². The van der Waals surface area contributed by atoms with Crippen molar-refractivity contribution in [1.82, 2.24) is 4.98 Å². The molecule has 5 rings (SSSR count). The molecule has 0 aliphatic heterocycles. The third kappa shape index (κ3) is 4.46. The van der Waals surface area contributed by atoms with Gasteiger partial charge in [-0.2, -0.15) is 0 Å². The monoisotopic (exact) mass is 407 g/mol. The number of aliphatic hydroxyl groups excluding tert-OH is 1. The molecular weight excluding hydrogens is 378 g/mol. The van der Waals surface area contributed by atoms with Gasteiger partial charge in [0.25, 0.3) is 0 Å². The Kier molecular flexibility index (Phi) is 5.38. The molecule has 2 aromatic carbocycles. The number of oxazole rings is 1. The summed E-state index contributed by atoms with van der Waals surface area (Å²) in [7, 11) is 0. The summed E-state index contributed by atoms with van der Waals surface area (Å²) in [4.78, 5) is 4.69. The van der Waals surface area contributed by atoms with Crippen LogP contribution in [0.1, 0.15) is 68.9 Å². The number of benzene rings is 2. The van der Waals surface area contributed by atoms with Crippen molar-refractivity contribution in [2.24, 2.45) is 5.92 Å². The zero-order valence-corrected chi connectivity index (χ0v) is 17.4. The second-order valence-corrected chi connectivity index (χ2v) is 8.78. The van der Waals surface area contributed by atoms with E-state index in [1.54, 1.807) is 6.92 Å². The van der Waals surface area contributed by atoms with Crippen LogP contribution in [0.2, 0.25) is 0 Å². The van der Waals surface area contributed by atoms with Crippen LogP contribution < -0.4 is 9.47 Å². The van der Waals surface area contributed by atoms with E-state index in [4.69, 9.17) is 18.9 Å². The molecule has 0 bridgehead atoms. The van der Waals surface area contributed by atoms with Gasteiger partial charge in [-0.15, -0.1) is 0 Å². The van der Waals surface area contributed by atoms with Crippen molar-refractivity contribution in [1.29, 1.82) is 0 Å². The molecule has 0 radical (unpaired) electrons. The predicted octanol–water partition coefficient (Wildman–Crippen LogP) is 5.78. The zero-order valence-electron chi connectivity index (χ0n) is 17.4. The first-order chi connectivity index (χ1) is 14.6. The maximum atomic E-state index is 9.78. The van der Waals surface area contributed by atoms with Gasteiger partial charge in [0, 0.05) is 12.0 Å². The third-order valence-corrected chi connectivity index (χ3v) is 6.23. The Morgan fingerprint density at radius 3 is 2.60 bits per heavy atom. The van der Waals surface area contributed by atoms with Crippen LogP contribution in [0.3, 0.4) is 0 Å². The molecule has 2 fully saturated rings. The normalized spacial score (nSPS) is 22.7. The first-order valence-corrected chi connectivity index (χ1v) is 11.1. The lowest BCUT2D eigenvalue weighted by molar-refractivity contribution is 0.141. The van der Waals surface area contributed by atoms with E-state index in [2.05, 4.69) is 0 Å². The number of aromatic nitrogens is 1. The molecule has 5 nitrogen and oxygen atoms in total. The summed E-state index contributed by atoms with van der Waals surface area (Å²) in [6.07, 6.45) is 6.25. The van der Waals surface area contributed by atoms with Crippen LogP contribution in [-0.4, -0.2) is 22.8 Å². The molecule has 1 heterocycles. The van der Waals surface area contributed by atoms with E-state index in [1.807, 2.05) is 42.5 Å². The van der Waals surface area contributed by atoms with Crippen LogP contribution in [-0.2, 0) is 0 Å². The smallest absolute Gasteiger partial charge is 0.198 e. The van der Waals surface area contributed by atoms with Crippen LogP contribution >= 0.6 is 0 Å². The molecule has 0 amide bonds. The molecule has 1 aromatic heterocycles. The summed E-state index contributed by atoms with van der Waals surface area (Å²) in [5, 5.41) is 9.78. The van der Waals surface area contributed by atoms with Gasteiger partial charge in [-0.1, -0.05) is 12.1 Å². The highest BCUT2D eigenvalue weighted by Gasteiger charge is 2.27. The highest BCUT2D eigenvalue weighted by atomic mass is 16.5. The summed E-state index contributed by atoms with van der Waals surface area (Å²) in [6, 6.07) is 13.8. The van der Waals surface area contributed by atoms with Crippen LogP contribution in [0, 0.1) is 5.92 Å². The first-order valence-electron chi connectivity index (χ1n) is 11.1. The molecule has 0 spiro atoms. The van der Waals surface area contributed by atoms with E-state index in [0.717, 1.165) is 72.3 Å². The Labute approximate surface area is 177 Å². The molecule has 3 aromatic rings. The van der Waals surface area contributed by atoms with Crippen molar-refractivity contribution in [3.63, 3.8) is 0 Å². The quantitative estimate of drug-likeness (QED) is 0.538. The van der Waals surface area contributed by atoms with Crippen LogP contribution in [0.5, 0.6) is 11.5 Å². The lowest BCUT2D eigenvalue weighted by Gasteiger charge is -2.27. The van der Waals surface area contributed by atoms with Crippen molar-refractivity contribution < 1.29 is 19.0 Å². The average Bonchev–Trinajstić information content (AvgIpc) is 3.49. The molecule has 2 aliphatic carbocycles. The van der Waals surface area contributed by atoms with Crippen molar-refractivity contribution in [2.75, 3.05) is 6.61 Å². The fraction of sp³-hybridized carbons (Fsp3) is 0.480. The number of fused-ring (bicyclic) bond motifs is 1. The van der Waals surface area contributed by atoms with Gasteiger partial charge in [0.15, 0.2) is 11.5 Å². The van der Waals surface area contributed by atoms with Crippen molar-refractivity contribution in [2.45, 2.75) is 63.6 Å². The van der Waals surface area contributed by atoms with E-state index >= 15 is 0 Å². The topological polar surface area (TPSA) is 64.7 Å². The highest BCUT2D eigenvalue weighted by molar-refractivity contribution is 5.73. The fourth-order valence-electron chi connectivity index (χ4n) is 4.15. The largest absolute Gasteiger partial charge is 0.493 e. The van der Waals surface area contributed by atoms with Gasteiger partial charge < -0.3 is 19.0 Å². The molecule has 2 saturated carbocycles. The summed E-state index contributed by atoms with van der Waals surface area (Å²) in [6.45, 7) is 2.58. The second-order valence-electron chi connectivity index (χ2n) is 8.78. The maximum Gasteiger partial charge on any atom is 0.198 e. The summed E-state index contributed by atoms with van der Waals surface area (Å²) in [5.74, 6) is 3.66. The number of rotatable bonds is 7. The Morgan fingerprint density at radius 2 is 1.83 bits per heavy atom. The second kappa shape index (κ2) is 8.31. The number of nitrogens with zero attached hydrogens (tertiary/aromatic N) is 1. The predicted molar refractivity (Wildman–Crippen MR) is 115 cm³/mol. The number of ether oxygens (including phenoxy) is 2. The molecule has 158 valence electrons. The molecule has 2 aliphatic rings. The summed E-state index contributed by atoms with van der Waals surface area (Å²) >= 11 is 0. The summed E-state index contributed by atoms with van der Waals surface area (Å²) in [5.41, 5.74) is 2.46.